The smallest absolute Gasteiger partial charge is 0.326 e. The first-order chi connectivity index (χ1) is 10.9. The molecule has 2 atom stereocenters. The van der Waals surface area contributed by atoms with Crippen molar-refractivity contribution in [3.63, 3.8) is 0 Å². The topological polar surface area (TPSA) is 133 Å². The van der Waals surface area contributed by atoms with Crippen molar-refractivity contribution in [2.24, 2.45) is 0 Å². The number of aldehydes is 1. The van der Waals surface area contributed by atoms with Crippen LogP contribution in [0.1, 0.15) is 18.4 Å². The predicted molar refractivity (Wildman–Crippen MR) is 80.0 cm³/mol. The fourth-order valence-corrected chi connectivity index (χ4v) is 1.87. The molecule has 0 radical (unpaired) electrons. The summed E-state index contributed by atoms with van der Waals surface area (Å²) in [7, 11) is 0. The molecular formula is C15H18N2O6. The Morgan fingerprint density at radius 1 is 1.09 bits per heavy atom. The molecule has 0 aromatic heterocycles. The molecule has 4 N–H and O–H groups in total. The van der Waals surface area contributed by atoms with Gasteiger partial charge < -0.3 is 25.6 Å². The van der Waals surface area contributed by atoms with Gasteiger partial charge in [-0.1, -0.05) is 30.3 Å². The van der Waals surface area contributed by atoms with E-state index in [1.165, 1.54) is 0 Å². The Bertz CT molecular complexity index is 560. The summed E-state index contributed by atoms with van der Waals surface area (Å²) >= 11 is 0. The van der Waals surface area contributed by atoms with E-state index in [-0.39, 0.29) is 19.3 Å². The number of carbonyl (C=O) groups excluding carboxylic acids is 2. The van der Waals surface area contributed by atoms with Crippen LogP contribution in [0.15, 0.2) is 30.3 Å². The summed E-state index contributed by atoms with van der Waals surface area (Å²) in [5, 5.41) is 22.2. The Labute approximate surface area is 132 Å². The molecule has 8 nitrogen and oxygen atoms in total. The lowest BCUT2D eigenvalue weighted by Gasteiger charge is -2.17. The zero-order valence-electron chi connectivity index (χ0n) is 12.3. The van der Waals surface area contributed by atoms with Crippen molar-refractivity contribution < 1.29 is 29.4 Å². The van der Waals surface area contributed by atoms with Crippen LogP contribution >= 0.6 is 0 Å². The molecule has 0 aliphatic heterocycles. The van der Waals surface area contributed by atoms with Crippen molar-refractivity contribution in [1.82, 2.24) is 10.6 Å². The third-order valence-corrected chi connectivity index (χ3v) is 3.04. The number of hydrogen-bond acceptors (Lipinski definition) is 4. The lowest BCUT2D eigenvalue weighted by Crippen LogP contribution is -2.50. The summed E-state index contributed by atoms with van der Waals surface area (Å²) < 4.78 is 0. The third-order valence-electron chi connectivity index (χ3n) is 3.04. The molecule has 0 fully saturated rings. The zero-order chi connectivity index (χ0) is 17.2. The number of rotatable bonds is 9. The monoisotopic (exact) mass is 322 g/mol. The number of amides is 2. The molecule has 0 bridgehead atoms. The van der Waals surface area contributed by atoms with Gasteiger partial charge >= 0.3 is 18.0 Å². The van der Waals surface area contributed by atoms with E-state index in [2.05, 4.69) is 10.6 Å². The van der Waals surface area contributed by atoms with E-state index in [0.717, 1.165) is 5.56 Å². The normalized spacial score (nSPS) is 12.7. The second-order valence-corrected chi connectivity index (χ2v) is 4.87. The molecule has 0 saturated carbocycles. The SMILES string of the molecule is O=C[C@H](CCC(=O)O)NC(=O)N[C@@H](Cc1ccccc1)C(=O)O. The van der Waals surface area contributed by atoms with Crippen LogP contribution in [0.3, 0.4) is 0 Å². The summed E-state index contributed by atoms with van der Waals surface area (Å²) in [6, 6.07) is 5.77. The average Bonchev–Trinajstić information content (AvgIpc) is 2.51. The number of aliphatic carboxylic acids is 2. The van der Waals surface area contributed by atoms with Gasteiger partial charge in [-0.25, -0.2) is 9.59 Å². The van der Waals surface area contributed by atoms with Crippen LogP contribution in [0, 0.1) is 0 Å². The summed E-state index contributed by atoms with van der Waals surface area (Å²) in [5.74, 6) is -2.30. The lowest BCUT2D eigenvalue weighted by atomic mass is 10.1. The van der Waals surface area contributed by atoms with Gasteiger partial charge in [0, 0.05) is 12.8 Å². The highest BCUT2D eigenvalue weighted by Gasteiger charge is 2.22. The Morgan fingerprint density at radius 2 is 1.74 bits per heavy atom. The number of hydrogen-bond donors (Lipinski definition) is 4. The highest BCUT2D eigenvalue weighted by atomic mass is 16.4. The fourth-order valence-electron chi connectivity index (χ4n) is 1.87. The maximum atomic E-state index is 11.8. The molecule has 0 saturated heterocycles. The molecular weight excluding hydrogens is 304 g/mol. The van der Waals surface area contributed by atoms with Crippen LogP contribution in [0.4, 0.5) is 4.79 Å². The molecule has 0 unspecified atom stereocenters. The van der Waals surface area contributed by atoms with Crippen LogP contribution in [-0.2, 0) is 20.8 Å². The van der Waals surface area contributed by atoms with Crippen LogP contribution in [0.25, 0.3) is 0 Å². The van der Waals surface area contributed by atoms with E-state index in [9.17, 15) is 19.2 Å². The van der Waals surface area contributed by atoms with Crippen molar-refractivity contribution in [3.05, 3.63) is 35.9 Å². The van der Waals surface area contributed by atoms with Gasteiger partial charge in [-0.3, -0.25) is 4.79 Å². The van der Waals surface area contributed by atoms with E-state index in [4.69, 9.17) is 10.2 Å². The minimum Gasteiger partial charge on any atom is -0.481 e. The largest absolute Gasteiger partial charge is 0.481 e. The summed E-state index contributed by atoms with van der Waals surface area (Å²) in [5.41, 5.74) is 0.734. The summed E-state index contributed by atoms with van der Waals surface area (Å²) in [6.07, 6.45) is 0.151. The quantitative estimate of drug-likeness (QED) is 0.487. The number of carboxylic acids is 2. The highest BCUT2D eigenvalue weighted by Crippen LogP contribution is 2.04. The zero-order valence-corrected chi connectivity index (χ0v) is 12.3. The van der Waals surface area contributed by atoms with Gasteiger partial charge in [-0.2, -0.15) is 0 Å². The minimum atomic E-state index is -1.21. The number of benzene rings is 1. The van der Waals surface area contributed by atoms with Crippen molar-refractivity contribution in [1.29, 1.82) is 0 Å². The first-order valence-corrected chi connectivity index (χ1v) is 6.93. The lowest BCUT2D eigenvalue weighted by molar-refractivity contribution is -0.139. The van der Waals surface area contributed by atoms with Crippen LogP contribution in [0.5, 0.6) is 0 Å². The van der Waals surface area contributed by atoms with Gasteiger partial charge in [0.15, 0.2) is 0 Å². The van der Waals surface area contributed by atoms with E-state index in [0.29, 0.717) is 6.29 Å². The predicted octanol–water partition coefficient (Wildman–Crippen LogP) is 0.414. The van der Waals surface area contributed by atoms with E-state index < -0.39 is 30.1 Å². The summed E-state index contributed by atoms with van der Waals surface area (Å²) in [6.45, 7) is 0. The van der Waals surface area contributed by atoms with Gasteiger partial charge in [-0.15, -0.1) is 0 Å². The van der Waals surface area contributed by atoms with Crippen molar-refractivity contribution in [3.8, 4) is 0 Å². The van der Waals surface area contributed by atoms with E-state index >= 15 is 0 Å². The number of urea groups is 1. The van der Waals surface area contributed by atoms with Crippen molar-refractivity contribution in [2.75, 3.05) is 0 Å². The molecule has 0 aliphatic rings. The molecule has 0 heterocycles. The van der Waals surface area contributed by atoms with Crippen LogP contribution in [0.2, 0.25) is 0 Å². The second-order valence-electron chi connectivity index (χ2n) is 4.87. The highest BCUT2D eigenvalue weighted by molar-refractivity contribution is 5.84. The molecule has 1 rings (SSSR count). The van der Waals surface area contributed by atoms with Crippen LogP contribution in [-0.4, -0.2) is 46.6 Å². The molecule has 2 amide bonds. The third kappa shape index (κ3) is 7.07. The molecule has 1 aromatic rings. The van der Waals surface area contributed by atoms with Gasteiger partial charge in [-0.05, 0) is 12.0 Å². The summed E-state index contributed by atoms with van der Waals surface area (Å²) in [4.78, 5) is 44.3. The van der Waals surface area contributed by atoms with Gasteiger partial charge in [0.1, 0.15) is 12.3 Å². The van der Waals surface area contributed by atoms with E-state index in [1.54, 1.807) is 30.3 Å². The Balaban J connectivity index is 2.58. The van der Waals surface area contributed by atoms with E-state index in [1.807, 2.05) is 0 Å². The molecule has 8 heteroatoms. The first kappa shape index (κ1) is 18.1. The molecule has 23 heavy (non-hydrogen) atoms. The average molecular weight is 322 g/mol. The maximum absolute atomic E-state index is 11.8. The minimum absolute atomic E-state index is 0.0668. The Hall–Kier alpha value is -2.90. The van der Waals surface area contributed by atoms with Gasteiger partial charge in [0.05, 0.1) is 6.04 Å². The number of carboxylic acid groups (broad SMARTS) is 2. The number of nitrogens with one attached hydrogen (secondary N) is 2. The standard InChI is InChI=1S/C15H18N2O6/c18-9-11(6-7-13(19)20)16-15(23)17-12(14(21)22)8-10-4-2-1-3-5-10/h1-5,9,11-12H,6-8H2,(H,19,20)(H,21,22)(H2,16,17,23)/t11-,12-/m0/s1. The molecule has 0 spiro atoms. The first-order valence-electron chi connectivity index (χ1n) is 6.93. The molecule has 1 aromatic carbocycles. The van der Waals surface area contributed by atoms with Crippen molar-refractivity contribution in [2.45, 2.75) is 31.3 Å². The van der Waals surface area contributed by atoms with Crippen molar-refractivity contribution >= 4 is 24.3 Å². The maximum Gasteiger partial charge on any atom is 0.326 e. The van der Waals surface area contributed by atoms with Gasteiger partial charge in [0.25, 0.3) is 0 Å². The number of carbonyl (C=O) groups is 4. The van der Waals surface area contributed by atoms with Gasteiger partial charge in [0.2, 0.25) is 0 Å². The molecule has 124 valence electrons. The fraction of sp³-hybridized carbons (Fsp3) is 0.333. The molecule has 0 aliphatic carbocycles. The second kappa shape index (κ2) is 9.19. The Kier molecular flexibility index (Phi) is 7.25. The Morgan fingerprint density at radius 3 is 2.26 bits per heavy atom. The van der Waals surface area contributed by atoms with Crippen LogP contribution < -0.4 is 10.6 Å².